The fourth-order valence-corrected chi connectivity index (χ4v) is 2.77. The van der Waals surface area contributed by atoms with Crippen molar-refractivity contribution in [2.45, 2.75) is 29.0 Å². The highest BCUT2D eigenvalue weighted by Gasteiger charge is 2.47. The fourth-order valence-electron chi connectivity index (χ4n) is 1.96. The molecule has 0 aromatic heterocycles. The van der Waals surface area contributed by atoms with Crippen LogP contribution in [0.1, 0.15) is 6.42 Å². The Labute approximate surface area is 124 Å². The minimum atomic E-state index is -5.47. The third kappa shape index (κ3) is 3.23. The van der Waals surface area contributed by atoms with Gasteiger partial charge in [-0.25, -0.2) is 8.42 Å². The van der Waals surface area contributed by atoms with Crippen LogP contribution in [0.25, 0.3) is 0 Å². The van der Waals surface area contributed by atoms with Gasteiger partial charge in [0.2, 0.25) is 0 Å². The summed E-state index contributed by atoms with van der Waals surface area (Å²) in [6.07, 6.45) is -0.427. The van der Waals surface area contributed by atoms with Crippen molar-refractivity contribution in [2.75, 3.05) is 11.9 Å². The number of ether oxygens (including phenoxy) is 1. The molecule has 0 spiro atoms. The largest absolute Gasteiger partial charge is 0.501 e. The number of carbonyl (C=O) groups excluding carboxylic acids is 1. The van der Waals surface area contributed by atoms with Crippen molar-refractivity contribution in [3.63, 3.8) is 0 Å². The zero-order valence-electron chi connectivity index (χ0n) is 11.1. The van der Waals surface area contributed by atoms with Crippen LogP contribution in [-0.2, 0) is 19.4 Å². The molecule has 1 aromatic carbocycles. The molecule has 0 radical (unpaired) electrons. The summed E-state index contributed by atoms with van der Waals surface area (Å²) in [5, 5.41) is 2.30. The van der Waals surface area contributed by atoms with Gasteiger partial charge in [0.15, 0.2) is 6.10 Å². The van der Waals surface area contributed by atoms with Crippen LogP contribution in [0.2, 0.25) is 0 Å². The van der Waals surface area contributed by atoms with E-state index in [9.17, 15) is 26.4 Å². The highest BCUT2D eigenvalue weighted by molar-refractivity contribution is 7.92. The Kier molecular flexibility index (Phi) is 4.45. The van der Waals surface area contributed by atoms with E-state index in [0.717, 1.165) is 18.2 Å². The summed E-state index contributed by atoms with van der Waals surface area (Å²) >= 11 is 0. The Morgan fingerprint density at radius 2 is 2.05 bits per heavy atom. The average molecular weight is 338 g/mol. The summed E-state index contributed by atoms with van der Waals surface area (Å²) in [6, 6.07) is 3.40. The number of sulfone groups is 1. The summed E-state index contributed by atoms with van der Waals surface area (Å²) in [5.41, 5.74) is 0.164. The Balaban J connectivity index is 2.21. The maximum Gasteiger partial charge on any atom is 0.501 e. The normalized spacial score (nSPS) is 22.5. The van der Waals surface area contributed by atoms with Crippen molar-refractivity contribution in [3.8, 4) is 0 Å². The van der Waals surface area contributed by atoms with E-state index >= 15 is 0 Å². The van der Waals surface area contributed by atoms with Crippen LogP contribution in [0.3, 0.4) is 0 Å². The van der Waals surface area contributed by atoms with Crippen LogP contribution in [0.4, 0.5) is 18.9 Å². The van der Waals surface area contributed by atoms with Gasteiger partial charge in [-0.3, -0.25) is 4.79 Å². The van der Waals surface area contributed by atoms with Crippen molar-refractivity contribution >= 4 is 21.4 Å². The molecule has 3 N–H and O–H groups in total. The molecule has 0 aliphatic carbocycles. The standard InChI is InChI=1S/C12H13F3N2O4S/c13-12(14,15)22(19,20)8-3-1-2-7(6-8)17-11(18)10-9(16)4-5-21-10/h1-3,6,9-10H,4-5,16H2,(H,17,18)/t9-,10+/m1/s1. The Morgan fingerprint density at radius 3 is 2.59 bits per heavy atom. The molecule has 0 saturated carbocycles. The molecule has 2 atom stereocenters. The fraction of sp³-hybridized carbons (Fsp3) is 0.417. The average Bonchev–Trinajstić information content (AvgIpc) is 2.84. The van der Waals surface area contributed by atoms with Gasteiger partial charge in [0.1, 0.15) is 0 Å². The zero-order chi connectivity index (χ0) is 16.5. The number of benzene rings is 1. The van der Waals surface area contributed by atoms with E-state index in [4.69, 9.17) is 10.5 Å². The molecule has 122 valence electrons. The second kappa shape index (κ2) is 5.86. The van der Waals surface area contributed by atoms with E-state index in [0.29, 0.717) is 13.0 Å². The van der Waals surface area contributed by atoms with Gasteiger partial charge in [-0.15, -0.1) is 0 Å². The summed E-state index contributed by atoms with van der Waals surface area (Å²) < 4.78 is 65.2. The van der Waals surface area contributed by atoms with Crippen LogP contribution in [0, 0.1) is 0 Å². The minimum Gasteiger partial charge on any atom is -0.367 e. The molecule has 1 aliphatic rings. The van der Waals surface area contributed by atoms with Crippen LogP contribution >= 0.6 is 0 Å². The number of anilines is 1. The lowest BCUT2D eigenvalue weighted by Crippen LogP contribution is -2.40. The first-order valence-corrected chi connectivity index (χ1v) is 7.71. The topological polar surface area (TPSA) is 98.5 Å². The lowest BCUT2D eigenvalue weighted by Gasteiger charge is -2.15. The predicted octanol–water partition coefficient (Wildman–Crippen LogP) is 1.03. The zero-order valence-corrected chi connectivity index (χ0v) is 11.9. The molecule has 1 aromatic rings. The quantitative estimate of drug-likeness (QED) is 0.858. The third-order valence-corrected chi connectivity index (χ3v) is 4.60. The molecular weight excluding hydrogens is 325 g/mol. The number of amides is 1. The molecule has 1 fully saturated rings. The van der Waals surface area contributed by atoms with Crippen LogP contribution in [0.15, 0.2) is 29.2 Å². The van der Waals surface area contributed by atoms with Gasteiger partial charge in [0.05, 0.1) is 4.90 Å². The van der Waals surface area contributed by atoms with Crippen LogP contribution in [-0.4, -0.2) is 38.6 Å². The van der Waals surface area contributed by atoms with Crippen molar-refractivity contribution in [1.82, 2.24) is 0 Å². The van der Waals surface area contributed by atoms with E-state index in [-0.39, 0.29) is 5.69 Å². The van der Waals surface area contributed by atoms with Gasteiger partial charge < -0.3 is 15.8 Å². The lowest BCUT2D eigenvalue weighted by atomic mass is 10.1. The summed E-state index contributed by atoms with van der Waals surface area (Å²) in [7, 11) is -5.47. The van der Waals surface area contributed by atoms with Crippen molar-refractivity contribution in [1.29, 1.82) is 0 Å². The molecule has 6 nitrogen and oxygen atoms in total. The number of hydrogen-bond acceptors (Lipinski definition) is 5. The number of alkyl halides is 3. The molecule has 2 rings (SSSR count). The van der Waals surface area contributed by atoms with Crippen LogP contribution in [0.5, 0.6) is 0 Å². The third-order valence-electron chi connectivity index (χ3n) is 3.11. The van der Waals surface area contributed by atoms with E-state index in [1.165, 1.54) is 6.07 Å². The maximum atomic E-state index is 12.5. The summed E-state index contributed by atoms with van der Waals surface area (Å²) in [4.78, 5) is 10.9. The van der Waals surface area contributed by atoms with Crippen molar-refractivity contribution in [2.24, 2.45) is 5.73 Å². The molecule has 1 aliphatic heterocycles. The van der Waals surface area contributed by atoms with Gasteiger partial charge in [-0.05, 0) is 24.6 Å². The highest BCUT2D eigenvalue weighted by atomic mass is 32.2. The lowest BCUT2D eigenvalue weighted by molar-refractivity contribution is -0.125. The first kappa shape index (κ1) is 16.7. The second-order valence-corrected chi connectivity index (χ2v) is 6.65. The molecule has 1 amide bonds. The van der Waals surface area contributed by atoms with Gasteiger partial charge >= 0.3 is 5.51 Å². The Hall–Kier alpha value is -1.65. The Bertz CT molecular complexity index is 675. The predicted molar refractivity (Wildman–Crippen MR) is 70.6 cm³/mol. The molecule has 10 heteroatoms. The molecule has 1 saturated heterocycles. The smallest absolute Gasteiger partial charge is 0.367 e. The monoisotopic (exact) mass is 338 g/mol. The summed E-state index contributed by atoms with van der Waals surface area (Å²) in [5.74, 6) is -0.633. The SMILES string of the molecule is N[C@@H]1CCO[C@@H]1C(=O)Nc1cccc(S(=O)(=O)C(F)(F)F)c1. The molecule has 0 unspecified atom stereocenters. The molecule has 1 heterocycles. The van der Waals surface area contributed by atoms with E-state index in [1.807, 2.05) is 0 Å². The molecule has 22 heavy (non-hydrogen) atoms. The molecule has 0 bridgehead atoms. The second-order valence-electron chi connectivity index (χ2n) is 4.71. The van der Waals surface area contributed by atoms with Gasteiger partial charge in [0.25, 0.3) is 15.7 Å². The number of rotatable bonds is 3. The Morgan fingerprint density at radius 1 is 1.36 bits per heavy atom. The number of nitrogens with one attached hydrogen (secondary N) is 1. The van der Waals surface area contributed by atoms with Crippen molar-refractivity contribution < 1.29 is 31.1 Å². The van der Waals surface area contributed by atoms with E-state index in [1.54, 1.807) is 0 Å². The first-order chi connectivity index (χ1) is 10.1. The number of carbonyl (C=O) groups is 1. The van der Waals surface area contributed by atoms with E-state index in [2.05, 4.69) is 5.32 Å². The van der Waals surface area contributed by atoms with E-state index < -0.39 is 38.3 Å². The first-order valence-electron chi connectivity index (χ1n) is 6.22. The maximum absolute atomic E-state index is 12.5. The number of nitrogens with two attached hydrogens (primary N) is 1. The van der Waals surface area contributed by atoms with Crippen LogP contribution < -0.4 is 11.1 Å². The molecular formula is C12H13F3N2O4S. The van der Waals surface area contributed by atoms with Crippen molar-refractivity contribution in [3.05, 3.63) is 24.3 Å². The minimum absolute atomic E-state index is 0.0852. The highest BCUT2D eigenvalue weighted by Crippen LogP contribution is 2.31. The van der Waals surface area contributed by atoms with Gasteiger partial charge in [-0.1, -0.05) is 6.07 Å². The number of hydrogen-bond donors (Lipinski definition) is 2. The van der Waals surface area contributed by atoms with Gasteiger partial charge in [-0.2, -0.15) is 13.2 Å². The number of halogens is 3. The summed E-state index contributed by atoms with van der Waals surface area (Å²) in [6.45, 7) is 0.307. The van der Waals surface area contributed by atoms with Gasteiger partial charge in [0, 0.05) is 18.3 Å².